The number of halogens is 2. The molecule has 1 aliphatic rings. The maximum absolute atomic E-state index is 12.8. The number of carbonyl (C=O) groups excluding carboxylic acids is 3. The summed E-state index contributed by atoms with van der Waals surface area (Å²) >= 11 is 0. The molecule has 0 fully saturated rings. The molecule has 0 saturated carbocycles. The van der Waals surface area contributed by atoms with E-state index in [2.05, 4.69) is 10.1 Å². The minimum atomic E-state index is -2.94. The molecule has 3 amide bonds. The van der Waals surface area contributed by atoms with Gasteiger partial charge in [0.25, 0.3) is 11.8 Å². The van der Waals surface area contributed by atoms with Crippen LogP contribution in [0.4, 0.5) is 14.5 Å². The van der Waals surface area contributed by atoms with E-state index in [1.54, 1.807) is 38.1 Å². The summed E-state index contributed by atoms with van der Waals surface area (Å²) in [5.41, 5.74) is 0.854. The van der Waals surface area contributed by atoms with Crippen LogP contribution in [0, 0.1) is 5.92 Å². The standard InChI is InChI=1S/C20H18F2N2O4/c1-11(2)16(24-18(26)14-5-3-4-6-15(14)19(24)27)17(25)23-12-7-9-13(10-8-12)28-20(21)22/h3-11,16,20H,1-2H3,(H,23,25)/t16-/m0/s1. The Labute approximate surface area is 160 Å². The lowest BCUT2D eigenvalue weighted by Gasteiger charge is -2.28. The van der Waals surface area contributed by atoms with Crippen molar-refractivity contribution in [2.24, 2.45) is 5.92 Å². The molecule has 6 nitrogen and oxygen atoms in total. The summed E-state index contributed by atoms with van der Waals surface area (Å²) in [7, 11) is 0. The molecular formula is C20H18F2N2O4. The van der Waals surface area contributed by atoms with Crippen molar-refractivity contribution in [3.63, 3.8) is 0 Å². The van der Waals surface area contributed by atoms with Crippen molar-refractivity contribution < 1.29 is 27.9 Å². The predicted octanol–water partition coefficient (Wildman–Crippen LogP) is 3.55. The Balaban J connectivity index is 1.80. The number of rotatable bonds is 6. The average molecular weight is 388 g/mol. The van der Waals surface area contributed by atoms with E-state index in [4.69, 9.17) is 0 Å². The van der Waals surface area contributed by atoms with E-state index in [0.29, 0.717) is 5.69 Å². The summed E-state index contributed by atoms with van der Waals surface area (Å²) in [6, 6.07) is 10.7. The molecule has 1 N–H and O–H groups in total. The van der Waals surface area contributed by atoms with Crippen LogP contribution < -0.4 is 10.1 Å². The third-order valence-electron chi connectivity index (χ3n) is 4.35. The molecule has 0 aliphatic carbocycles. The minimum absolute atomic E-state index is 0.0474. The summed E-state index contributed by atoms with van der Waals surface area (Å²) in [6.07, 6.45) is 0. The zero-order chi connectivity index (χ0) is 20.4. The van der Waals surface area contributed by atoms with Crippen LogP contribution in [-0.4, -0.2) is 35.3 Å². The van der Waals surface area contributed by atoms with Crippen molar-refractivity contribution in [3.8, 4) is 5.75 Å². The van der Waals surface area contributed by atoms with Gasteiger partial charge in [0.2, 0.25) is 5.91 Å². The fraction of sp³-hybridized carbons (Fsp3) is 0.250. The molecule has 3 rings (SSSR count). The van der Waals surface area contributed by atoms with Crippen molar-refractivity contribution >= 4 is 23.4 Å². The van der Waals surface area contributed by atoms with Crippen LogP contribution in [0.2, 0.25) is 0 Å². The number of hydrogen-bond donors (Lipinski definition) is 1. The van der Waals surface area contributed by atoms with E-state index < -0.39 is 30.4 Å². The van der Waals surface area contributed by atoms with Crippen LogP contribution in [0.1, 0.15) is 34.6 Å². The molecule has 8 heteroatoms. The molecule has 146 valence electrons. The summed E-state index contributed by atoms with van der Waals surface area (Å²) < 4.78 is 28.7. The highest BCUT2D eigenvalue weighted by Crippen LogP contribution is 2.28. The van der Waals surface area contributed by atoms with Crippen LogP contribution in [0.15, 0.2) is 48.5 Å². The number of benzene rings is 2. The van der Waals surface area contributed by atoms with Crippen molar-refractivity contribution in [3.05, 3.63) is 59.7 Å². The van der Waals surface area contributed by atoms with Crippen LogP contribution in [0.3, 0.4) is 0 Å². The summed E-state index contributed by atoms with van der Waals surface area (Å²) in [5, 5.41) is 2.62. The zero-order valence-electron chi connectivity index (χ0n) is 15.2. The number of ether oxygens (including phenoxy) is 1. The number of nitrogens with one attached hydrogen (secondary N) is 1. The van der Waals surface area contributed by atoms with Crippen LogP contribution in [0.5, 0.6) is 5.75 Å². The van der Waals surface area contributed by atoms with Crippen molar-refractivity contribution in [1.29, 1.82) is 0 Å². The fourth-order valence-corrected chi connectivity index (χ4v) is 3.11. The van der Waals surface area contributed by atoms with E-state index in [1.807, 2.05) is 0 Å². The number of fused-ring (bicyclic) bond motifs is 1. The van der Waals surface area contributed by atoms with Gasteiger partial charge in [0.05, 0.1) is 11.1 Å². The molecule has 0 radical (unpaired) electrons. The van der Waals surface area contributed by atoms with Crippen molar-refractivity contribution in [2.45, 2.75) is 26.5 Å². The van der Waals surface area contributed by atoms with Crippen molar-refractivity contribution in [1.82, 2.24) is 4.90 Å². The first-order valence-corrected chi connectivity index (χ1v) is 8.62. The third-order valence-corrected chi connectivity index (χ3v) is 4.35. The molecule has 1 atom stereocenters. The van der Waals surface area contributed by atoms with E-state index in [-0.39, 0.29) is 22.8 Å². The summed E-state index contributed by atoms with van der Waals surface area (Å²) in [6.45, 7) is 0.514. The highest BCUT2D eigenvalue weighted by Gasteiger charge is 2.43. The highest BCUT2D eigenvalue weighted by molar-refractivity contribution is 6.23. The van der Waals surface area contributed by atoms with E-state index in [1.165, 1.54) is 24.3 Å². The molecular weight excluding hydrogens is 370 g/mol. The van der Waals surface area contributed by atoms with Gasteiger partial charge in [-0.3, -0.25) is 19.3 Å². The second-order valence-electron chi connectivity index (χ2n) is 6.61. The predicted molar refractivity (Wildman–Crippen MR) is 97.3 cm³/mol. The van der Waals surface area contributed by atoms with Gasteiger partial charge in [-0.1, -0.05) is 26.0 Å². The topological polar surface area (TPSA) is 75.7 Å². The maximum atomic E-state index is 12.8. The van der Waals surface area contributed by atoms with Gasteiger partial charge in [0.1, 0.15) is 11.8 Å². The van der Waals surface area contributed by atoms with Gasteiger partial charge in [0, 0.05) is 5.69 Å². The van der Waals surface area contributed by atoms with Gasteiger partial charge >= 0.3 is 6.61 Å². The second-order valence-corrected chi connectivity index (χ2v) is 6.61. The van der Waals surface area contributed by atoms with E-state index >= 15 is 0 Å². The number of carbonyl (C=O) groups is 3. The maximum Gasteiger partial charge on any atom is 0.387 e. The Morgan fingerprint density at radius 1 is 0.964 bits per heavy atom. The summed E-state index contributed by atoms with van der Waals surface area (Å²) in [4.78, 5) is 39.2. The highest BCUT2D eigenvalue weighted by atomic mass is 19.3. The lowest BCUT2D eigenvalue weighted by Crippen LogP contribution is -2.50. The van der Waals surface area contributed by atoms with Gasteiger partial charge in [0.15, 0.2) is 0 Å². The number of alkyl halides is 2. The first-order chi connectivity index (χ1) is 13.3. The SMILES string of the molecule is CC(C)[C@@H](C(=O)Nc1ccc(OC(F)F)cc1)N1C(=O)c2ccccc2C1=O. The Kier molecular flexibility index (Phi) is 5.39. The van der Waals surface area contributed by atoms with E-state index in [9.17, 15) is 23.2 Å². The number of anilines is 1. The normalized spacial score (nSPS) is 14.4. The molecule has 0 aromatic heterocycles. The van der Waals surface area contributed by atoms with Crippen LogP contribution in [0.25, 0.3) is 0 Å². The molecule has 1 heterocycles. The largest absolute Gasteiger partial charge is 0.435 e. The average Bonchev–Trinajstić information content (AvgIpc) is 2.88. The molecule has 0 spiro atoms. The monoisotopic (exact) mass is 388 g/mol. The molecule has 0 unspecified atom stereocenters. The molecule has 2 aromatic carbocycles. The zero-order valence-corrected chi connectivity index (χ0v) is 15.2. The fourth-order valence-electron chi connectivity index (χ4n) is 3.11. The minimum Gasteiger partial charge on any atom is -0.435 e. The van der Waals surface area contributed by atoms with Gasteiger partial charge in [-0.2, -0.15) is 8.78 Å². The lowest BCUT2D eigenvalue weighted by atomic mass is 10.0. The van der Waals surface area contributed by atoms with Gasteiger partial charge in [-0.05, 0) is 42.3 Å². The quantitative estimate of drug-likeness (QED) is 0.768. The Morgan fingerprint density at radius 3 is 1.96 bits per heavy atom. The Bertz CT molecular complexity index is 878. The first-order valence-electron chi connectivity index (χ1n) is 8.62. The molecule has 0 bridgehead atoms. The molecule has 28 heavy (non-hydrogen) atoms. The number of nitrogens with zero attached hydrogens (tertiary/aromatic N) is 1. The number of imide groups is 1. The number of hydrogen-bond acceptors (Lipinski definition) is 4. The second kappa shape index (κ2) is 7.75. The Hall–Kier alpha value is -3.29. The van der Waals surface area contributed by atoms with Gasteiger partial charge in [-0.15, -0.1) is 0 Å². The van der Waals surface area contributed by atoms with Crippen LogP contribution in [-0.2, 0) is 4.79 Å². The van der Waals surface area contributed by atoms with Gasteiger partial charge in [-0.25, -0.2) is 0 Å². The van der Waals surface area contributed by atoms with Gasteiger partial charge < -0.3 is 10.1 Å². The van der Waals surface area contributed by atoms with Crippen LogP contribution >= 0.6 is 0 Å². The molecule has 2 aromatic rings. The lowest BCUT2D eigenvalue weighted by molar-refractivity contribution is -0.121. The first kappa shape index (κ1) is 19.5. The van der Waals surface area contributed by atoms with E-state index in [0.717, 1.165) is 4.90 Å². The molecule has 1 aliphatic heterocycles. The third kappa shape index (κ3) is 3.71. The van der Waals surface area contributed by atoms with Crippen molar-refractivity contribution in [2.75, 3.05) is 5.32 Å². The smallest absolute Gasteiger partial charge is 0.387 e. The summed E-state index contributed by atoms with van der Waals surface area (Å²) in [5.74, 6) is -1.98. The Morgan fingerprint density at radius 2 is 1.50 bits per heavy atom. The molecule has 0 saturated heterocycles. The number of amides is 3.